The van der Waals surface area contributed by atoms with Crippen LogP contribution in [0.1, 0.15) is 50.8 Å². The standard InChI is InChI=1S/C28H31N3O6/c1-28(2,3)37-25(33)15-9-18-8-12-21-23(16-18)31(27(35)29(21)4)22-13-14-24(32)30(26(22)34)17-19-6-10-20(36-5)11-7-19/h6-12,15-16,22H,13-14,17H2,1-5H3/b15-9+. The molecule has 37 heavy (non-hydrogen) atoms. The Labute approximate surface area is 214 Å². The second-order valence-corrected chi connectivity index (χ2v) is 10.0. The van der Waals surface area contributed by atoms with Crippen LogP contribution in [0.3, 0.4) is 0 Å². The highest BCUT2D eigenvalue weighted by Crippen LogP contribution is 2.28. The van der Waals surface area contributed by atoms with Crippen molar-refractivity contribution >= 4 is 34.9 Å². The van der Waals surface area contributed by atoms with Gasteiger partial charge in [0.25, 0.3) is 5.91 Å². The number of imidazole rings is 1. The number of esters is 1. The number of benzene rings is 2. The number of nitrogens with zero attached hydrogens (tertiary/aromatic N) is 3. The molecule has 1 aromatic heterocycles. The topological polar surface area (TPSA) is 99.8 Å². The molecular weight excluding hydrogens is 474 g/mol. The van der Waals surface area contributed by atoms with Crippen molar-refractivity contribution in [1.82, 2.24) is 14.0 Å². The van der Waals surface area contributed by atoms with Gasteiger partial charge in [0.2, 0.25) is 5.91 Å². The largest absolute Gasteiger partial charge is 0.497 e. The Bertz CT molecular complexity index is 1440. The number of carbonyl (C=O) groups is 3. The zero-order valence-electron chi connectivity index (χ0n) is 21.7. The fraction of sp³-hybridized carbons (Fsp3) is 0.357. The van der Waals surface area contributed by atoms with Gasteiger partial charge in [0.05, 0.1) is 24.7 Å². The van der Waals surface area contributed by atoms with E-state index in [9.17, 15) is 19.2 Å². The summed E-state index contributed by atoms with van der Waals surface area (Å²) < 4.78 is 13.4. The lowest BCUT2D eigenvalue weighted by Gasteiger charge is -2.31. The molecule has 3 aromatic rings. The molecule has 0 radical (unpaired) electrons. The number of hydrogen-bond donors (Lipinski definition) is 0. The Hall–Kier alpha value is -4.14. The molecule has 4 rings (SSSR count). The van der Waals surface area contributed by atoms with Crippen molar-refractivity contribution in [3.05, 3.63) is 70.2 Å². The van der Waals surface area contributed by atoms with E-state index in [1.54, 1.807) is 83.5 Å². The van der Waals surface area contributed by atoms with Gasteiger partial charge in [-0.25, -0.2) is 9.59 Å². The summed E-state index contributed by atoms with van der Waals surface area (Å²) in [6.45, 7) is 5.48. The summed E-state index contributed by atoms with van der Waals surface area (Å²) in [4.78, 5) is 52.8. The first-order valence-electron chi connectivity index (χ1n) is 12.1. The van der Waals surface area contributed by atoms with Crippen LogP contribution >= 0.6 is 0 Å². The molecule has 0 saturated carbocycles. The molecule has 2 amide bonds. The van der Waals surface area contributed by atoms with Crippen LogP contribution in [0.2, 0.25) is 0 Å². The van der Waals surface area contributed by atoms with E-state index in [1.165, 1.54) is 20.1 Å². The zero-order valence-corrected chi connectivity index (χ0v) is 21.7. The predicted octanol–water partition coefficient (Wildman–Crippen LogP) is 3.59. The number of imide groups is 1. The number of rotatable bonds is 6. The maximum atomic E-state index is 13.5. The molecular formula is C28H31N3O6. The first-order chi connectivity index (χ1) is 17.5. The van der Waals surface area contributed by atoms with Gasteiger partial charge < -0.3 is 9.47 Å². The Morgan fingerprint density at radius 1 is 1.05 bits per heavy atom. The third-order valence-corrected chi connectivity index (χ3v) is 6.23. The van der Waals surface area contributed by atoms with Crippen molar-refractivity contribution in [2.45, 2.75) is 51.8 Å². The van der Waals surface area contributed by atoms with E-state index in [4.69, 9.17) is 9.47 Å². The summed E-state index contributed by atoms with van der Waals surface area (Å²) in [7, 11) is 3.21. The molecule has 1 unspecified atom stereocenters. The van der Waals surface area contributed by atoms with Crippen LogP contribution in [0.15, 0.2) is 53.3 Å². The molecule has 1 fully saturated rings. The molecule has 2 aromatic carbocycles. The SMILES string of the molecule is COc1ccc(CN2C(=O)CCC(n3c(=O)n(C)c4ccc(/C=C/C(=O)OC(C)(C)C)cc43)C2=O)cc1. The highest BCUT2D eigenvalue weighted by Gasteiger charge is 2.37. The van der Waals surface area contributed by atoms with E-state index < -0.39 is 23.5 Å². The van der Waals surface area contributed by atoms with Gasteiger partial charge >= 0.3 is 11.7 Å². The number of aryl methyl sites for hydroxylation is 1. The first kappa shape index (κ1) is 25.9. The van der Waals surface area contributed by atoms with Gasteiger partial charge in [0.1, 0.15) is 17.4 Å². The van der Waals surface area contributed by atoms with Crippen molar-refractivity contribution in [2.75, 3.05) is 7.11 Å². The highest BCUT2D eigenvalue weighted by atomic mass is 16.6. The average Bonchev–Trinajstić information content (AvgIpc) is 3.09. The number of fused-ring (bicyclic) bond motifs is 1. The predicted molar refractivity (Wildman–Crippen MR) is 139 cm³/mol. The Balaban J connectivity index is 1.66. The van der Waals surface area contributed by atoms with E-state index >= 15 is 0 Å². The number of methoxy groups -OCH3 is 1. The maximum absolute atomic E-state index is 13.5. The van der Waals surface area contributed by atoms with Crippen LogP contribution in [-0.4, -0.2) is 44.5 Å². The molecule has 1 aliphatic heterocycles. The second kappa shape index (κ2) is 10.1. The van der Waals surface area contributed by atoms with Crippen LogP contribution in [0, 0.1) is 0 Å². The summed E-state index contributed by atoms with van der Waals surface area (Å²) in [5.74, 6) is -0.493. The van der Waals surface area contributed by atoms with Crippen molar-refractivity contribution in [3.8, 4) is 5.75 Å². The van der Waals surface area contributed by atoms with E-state index in [2.05, 4.69) is 0 Å². The number of ether oxygens (including phenoxy) is 2. The smallest absolute Gasteiger partial charge is 0.331 e. The van der Waals surface area contributed by atoms with Crippen molar-refractivity contribution in [2.24, 2.45) is 7.05 Å². The quantitative estimate of drug-likeness (QED) is 0.288. The van der Waals surface area contributed by atoms with Crippen LogP contribution < -0.4 is 10.4 Å². The molecule has 1 aliphatic rings. The summed E-state index contributed by atoms with van der Waals surface area (Å²) in [5, 5.41) is 0. The van der Waals surface area contributed by atoms with Gasteiger partial charge in [-0.3, -0.25) is 23.6 Å². The molecule has 9 nitrogen and oxygen atoms in total. The fourth-order valence-electron chi connectivity index (χ4n) is 4.43. The third kappa shape index (κ3) is 5.50. The number of piperidine rings is 1. The number of aromatic nitrogens is 2. The average molecular weight is 506 g/mol. The third-order valence-electron chi connectivity index (χ3n) is 6.23. The normalized spacial score (nSPS) is 16.6. The molecule has 0 aliphatic carbocycles. The van der Waals surface area contributed by atoms with Crippen molar-refractivity contribution in [3.63, 3.8) is 0 Å². The van der Waals surface area contributed by atoms with E-state index in [0.717, 1.165) is 5.56 Å². The van der Waals surface area contributed by atoms with Gasteiger partial charge in [-0.2, -0.15) is 0 Å². The first-order valence-corrected chi connectivity index (χ1v) is 12.1. The van der Waals surface area contributed by atoms with E-state index in [-0.39, 0.29) is 31.0 Å². The van der Waals surface area contributed by atoms with Crippen molar-refractivity contribution < 1.29 is 23.9 Å². The monoisotopic (exact) mass is 505 g/mol. The lowest BCUT2D eigenvalue weighted by atomic mass is 10.0. The molecule has 1 saturated heterocycles. The molecule has 0 spiro atoms. The molecule has 9 heteroatoms. The van der Waals surface area contributed by atoms with E-state index in [1.807, 2.05) is 0 Å². The Morgan fingerprint density at radius 3 is 2.41 bits per heavy atom. The zero-order chi connectivity index (χ0) is 26.9. The molecule has 0 bridgehead atoms. The number of carbonyl (C=O) groups excluding carboxylic acids is 3. The lowest BCUT2D eigenvalue weighted by Crippen LogP contribution is -2.47. The van der Waals surface area contributed by atoms with Gasteiger partial charge in [-0.05, 0) is 68.7 Å². The minimum absolute atomic E-state index is 0.113. The summed E-state index contributed by atoms with van der Waals surface area (Å²) in [5.41, 5.74) is 1.69. The second-order valence-electron chi connectivity index (χ2n) is 10.0. The molecule has 2 heterocycles. The van der Waals surface area contributed by atoms with Crippen LogP contribution in [0.5, 0.6) is 5.75 Å². The van der Waals surface area contributed by atoms with Crippen molar-refractivity contribution in [1.29, 1.82) is 0 Å². The van der Waals surface area contributed by atoms with Crippen LogP contribution in [0.25, 0.3) is 17.1 Å². The minimum atomic E-state index is -0.822. The molecule has 194 valence electrons. The van der Waals surface area contributed by atoms with E-state index in [0.29, 0.717) is 22.3 Å². The lowest BCUT2D eigenvalue weighted by molar-refractivity contribution is -0.152. The Morgan fingerprint density at radius 2 is 1.76 bits per heavy atom. The number of likely N-dealkylation sites (tertiary alicyclic amines) is 1. The van der Waals surface area contributed by atoms with Gasteiger partial charge in [0, 0.05) is 19.5 Å². The molecule has 1 atom stereocenters. The molecule has 0 N–H and O–H groups in total. The van der Waals surface area contributed by atoms with Crippen LogP contribution in [-0.2, 0) is 32.7 Å². The Kier molecular flexibility index (Phi) is 7.07. The van der Waals surface area contributed by atoms with Crippen LogP contribution in [0.4, 0.5) is 0 Å². The number of hydrogen-bond acceptors (Lipinski definition) is 6. The number of amides is 2. The summed E-state index contributed by atoms with van der Waals surface area (Å²) in [6.07, 6.45) is 3.32. The van der Waals surface area contributed by atoms with Gasteiger partial charge in [-0.1, -0.05) is 18.2 Å². The fourth-order valence-corrected chi connectivity index (χ4v) is 4.43. The maximum Gasteiger partial charge on any atom is 0.331 e. The summed E-state index contributed by atoms with van der Waals surface area (Å²) in [6, 6.07) is 11.6. The van der Waals surface area contributed by atoms with Gasteiger partial charge in [-0.15, -0.1) is 0 Å². The minimum Gasteiger partial charge on any atom is -0.497 e. The summed E-state index contributed by atoms with van der Waals surface area (Å²) >= 11 is 0. The highest BCUT2D eigenvalue weighted by molar-refractivity contribution is 6.00. The van der Waals surface area contributed by atoms with Gasteiger partial charge in [0.15, 0.2) is 0 Å².